The number of rotatable bonds is 3. The van der Waals surface area contributed by atoms with Crippen molar-refractivity contribution in [2.45, 2.75) is 6.54 Å². The van der Waals surface area contributed by atoms with Gasteiger partial charge in [-0.05, 0) is 35.9 Å². The molecule has 0 saturated heterocycles. The lowest BCUT2D eigenvalue weighted by Gasteiger charge is -2.05. The van der Waals surface area contributed by atoms with E-state index in [1.54, 1.807) is 29.1 Å². The predicted molar refractivity (Wildman–Crippen MR) is 89.1 cm³/mol. The first-order valence-corrected chi connectivity index (χ1v) is 7.45. The Morgan fingerprint density at radius 2 is 1.96 bits per heavy atom. The van der Waals surface area contributed by atoms with E-state index in [9.17, 15) is 9.18 Å². The van der Waals surface area contributed by atoms with Gasteiger partial charge in [-0.1, -0.05) is 18.2 Å². The maximum atomic E-state index is 13.4. The Labute approximate surface area is 136 Å². The average molecular weight is 320 g/mol. The number of H-pyrrole nitrogens is 1. The highest BCUT2D eigenvalue weighted by molar-refractivity contribution is 5.78. The Kier molecular flexibility index (Phi) is 3.42. The monoisotopic (exact) mass is 320 g/mol. The summed E-state index contributed by atoms with van der Waals surface area (Å²) in [4.78, 5) is 23.5. The molecule has 0 radical (unpaired) electrons. The lowest BCUT2D eigenvalue weighted by molar-refractivity contribution is 0.628. The molecule has 4 aromatic rings. The summed E-state index contributed by atoms with van der Waals surface area (Å²) in [5, 5.41) is 0. The second kappa shape index (κ2) is 5.73. The summed E-state index contributed by atoms with van der Waals surface area (Å²) >= 11 is 0. The maximum Gasteiger partial charge on any atom is 0.328 e. The van der Waals surface area contributed by atoms with Gasteiger partial charge in [-0.3, -0.25) is 14.5 Å². The number of nitrogens with one attached hydrogen (secondary N) is 1. The zero-order valence-electron chi connectivity index (χ0n) is 12.6. The topological polar surface area (TPSA) is 63.6 Å². The third-order valence-electron chi connectivity index (χ3n) is 3.83. The van der Waals surface area contributed by atoms with E-state index in [0.717, 1.165) is 11.3 Å². The third-order valence-corrected chi connectivity index (χ3v) is 3.83. The lowest BCUT2D eigenvalue weighted by atomic mass is 10.1. The Morgan fingerprint density at radius 3 is 2.75 bits per heavy atom. The van der Waals surface area contributed by atoms with Crippen LogP contribution in [0, 0.1) is 5.82 Å². The predicted octanol–water partition coefficient (Wildman–Crippen LogP) is 2.97. The van der Waals surface area contributed by atoms with Gasteiger partial charge < -0.3 is 0 Å². The van der Waals surface area contributed by atoms with Crippen LogP contribution in [0.15, 0.2) is 65.7 Å². The van der Waals surface area contributed by atoms with Crippen molar-refractivity contribution in [3.05, 3.63) is 82.9 Å². The number of fused-ring (bicyclic) bond motifs is 1. The van der Waals surface area contributed by atoms with Crippen LogP contribution in [0.25, 0.3) is 22.3 Å². The van der Waals surface area contributed by atoms with Crippen molar-refractivity contribution in [3.8, 4) is 11.1 Å². The molecular weight excluding hydrogens is 307 g/mol. The van der Waals surface area contributed by atoms with E-state index in [-0.39, 0.29) is 11.5 Å². The van der Waals surface area contributed by atoms with Gasteiger partial charge in [0.1, 0.15) is 5.82 Å². The van der Waals surface area contributed by atoms with Gasteiger partial charge in [-0.2, -0.15) is 0 Å². The van der Waals surface area contributed by atoms with Gasteiger partial charge in [0.25, 0.3) is 0 Å². The van der Waals surface area contributed by atoms with Crippen LogP contribution in [0.4, 0.5) is 4.39 Å². The van der Waals surface area contributed by atoms with Crippen molar-refractivity contribution < 1.29 is 4.39 Å². The SMILES string of the molecule is O=c1[nH]c2ncc(-c3cccc(F)c3)cc2n1Cc1ccccn1. The van der Waals surface area contributed by atoms with Crippen molar-refractivity contribution in [1.82, 2.24) is 19.5 Å². The number of hydrogen-bond donors (Lipinski definition) is 1. The molecule has 0 bridgehead atoms. The molecule has 4 rings (SSSR count). The van der Waals surface area contributed by atoms with Crippen molar-refractivity contribution in [2.24, 2.45) is 0 Å². The second-order valence-corrected chi connectivity index (χ2v) is 5.44. The highest BCUT2D eigenvalue weighted by Crippen LogP contribution is 2.22. The maximum absolute atomic E-state index is 13.4. The van der Waals surface area contributed by atoms with Gasteiger partial charge in [0.2, 0.25) is 0 Å². The van der Waals surface area contributed by atoms with Gasteiger partial charge in [0, 0.05) is 18.0 Å². The number of imidazole rings is 1. The summed E-state index contributed by atoms with van der Waals surface area (Å²) in [6, 6.07) is 13.7. The Hall–Kier alpha value is -3.28. The average Bonchev–Trinajstić information content (AvgIpc) is 2.91. The van der Waals surface area contributed by atoms with Crippen LogP contribution < -0.4 is 5.69 Å². The zero-order valence-corrected chi connectivity index (χ0v) is 12.6. The fraction of sp³-hybridized carbons (Fsp3) is 0.0556. The molecule has 118 valence electrons. The minimum absolute atomic E-state index is 0.250. The summed E-state index contributed by atoms with van der Waals surface area (Å²) in [6.45, 7) is 0.341. The molecule has 1 aromatic carbocycles. The molecule has 0 aliphatic heterocycles. The number of pyridine rings is 2. The number of aromatic nitrogens is 4. The molecule has 1 N–H and O–H groups in total. The Bertz CT molecular complexity index is 1070. The first-order valence-electron chi connectivity index (χ1n) is 7.45. The van der Waals surface area contributed by atoms with Crippen LogP contribution in [0.1, 0.15) is 5.69 Å². The van der Waals surface area contributed by atoms with E-state index in [2.05, 4.69) is 15.0 Å². The van der Waals surface area contributed by atoms with Crippen LogP contribution in [-0.2, 0) is 6.54 Å². The van der Waals surface area contributed by atoms with Crippen LogP contribution in [-0.4, -0.2) is 19.5 Å². The molecule has 5 nitrogen and oxygen atoms in total. The standard InChI is InChI=1S/C18H13FN4O/c19-14-5-3-4-12(8-14)13-9-16-17(21-10-13)22-18(24)23(16)11-15-6-1-2-7-20-15/h1-10H,11H2,(H,21,22,24). The van der Waals surface area contributed by atoms with Gasteiger partial charge >= 0.3 is 5.69 Å². The fourth-order valence-corrected chi connectivity index (χ4v) is 2.67. The first-order chi connectivity index (χ1) is 11.7. The fourth-order valence-electron chi connectivity index (χ4n) is 2.67. The third kappa shape index (κ3) is 2.58. The quantitative estimate of drug-likeness (QED) is 0.631. The molecule has 0 atom stereocenters. The van der Waals surface area contributed by atoms with Crippen molar-refractivity contribution in [1.29, 1.82) is 0 Å². The molecule has 24 heavy (non-hydrogen) atoms. The summed E-state index contributed by atoms with van der Waals surface area (Å²) < 4.78 is 15.0. The molecule has 0 saturated carbocycles. The number of benzene rings is 1. The van der Waals surface area contributed by atoms with E-state index in [0.29, 0.717) is 23.3 Å². The van der Waals surface area contributed by atoms with E-state index in [4.69, 9.17) is 0 Å². The highest BCUT2D eigenvalue weighted by atomic mass is 19.1. The summed E-state index contributed by atoms with van der Waals surface area (Å²) in [7, 11) is 0. The number of hydrogen-bond acceptors (Lipinski definition) is 3. The molecule has 0 aliphatic carbocycles. The molecule has 3 heterocycles. The number of halogens is 1. The molecule has 0 fully saturated rings. The molecule has 3 aromatic heterocycles. The van der Waals surface area contributed by atoms with E-state index < -0.39 is 0 Å². The van der Waals surface area contributed by atoms with Gasteiger partial charge in [0.15, 0.2) is 5.65 Å². The summed E-state index contributed by atoms with van der Waals surface area (Å²) in [6.07, 6.45) is 3.31. The molecule has 0 unspecified atom stereocenters. The highest BCUT2D eigenvalue weighted by Gasteiger charge is 2.11. The smallest absolute Gasteiger partial charge is 0.290 e. The van der Waals surface area contributed by atoms with Crippen LogP contribution in [0.2, 0.25) is 0 Å². The summed E-state index contributed by atoms with van der Waals surface area (Å²) in [5.74, 6) is -0.312. The van der Waals surface area contributed by atoms with E-state index in [1.165, 1.54) is 12.1 Å². The first kappa shape index (κ1) is 14.3. The van der Waals surface area contributed by atoms with Crippen molar-refractivity contribution >= 4 is 11.2 Å². The number of aromatic amines is 1. The zero-order chi connectivity index (χ0) is 16.5. The lowest BCUT2D eigenvalue weighted by Crippen LogP contribution is -2.17. The second-order valence-electron chi connectivity index (χ2n) is 5.44. The number of nitrogens with zero attached hydrogens (tertiary/aromatic N) is 3. The van der Waals surface area contributed by atoms with Gasteiger partial charge in [0.05, 0.1) is 17.8 Å². The normalized spacial score (nSPS) is 11.0. The van der Waals surface area contributed by atoms with Gasteiger partial charge in [-0.15, -0.1) is 0 Å². The van der Waals surface area contributed by atoms with E-state index in [1.807, 2.05) is 24.3 Å². The molecule has 6 heteroatoms. The Morgan fingerprint density at radius 1 is 1.04 bits per heavy atom. The van der Waals surface area contributed by atoms with Crippen molar-refractivity contribution in [2.75, 3.05) is 0 Å². The van der Waals surface area contributed by atoms with Gasteiger partial charge in [-0.25, -0.2) is 14.2 Å². The summed E-state index contributed by atoms with van der Waals surface area (Å²) in [5.41, 5.74) is 3.14. The molecular formula is C18H13FN4O. The minimum atomic E-state index is -0.312. The Balaban J connectivity index is 1.84. The van der Waals surface area contributed by atoms with Crippen molar-refractivity contribution in [3.63, 3.8) is 0 Å². The van der Waals surface area contributed by atoms with Crippen LogP contribution in [0.3, 0.4) is 0 Å². The molecule has 0 spiro atoms. The van der Waals surface area contributed by atoms with E-state index >= 15 is 0 Å². The molecule has 0 amide bonds. The largest absolute Gasteiger partial charge is 0.328 e. The van der Waals surface area contributed by atoms with Crippen LogP contribution >= 0.6 is 0 Å². The molecule has 0 aliphatic rings. The van der Waals surface area contributed by atoms with Crippen LogP contribution in [0.5, 0.6) is 0 Å². The minimum Gasteiger partial charge on any atom is -0.290 e.